The Kier molecular flexibility index (Phi) is 6.02. The Labute approximate surface area is 147 Å². The van der Waals surface area contributed by atoms with E-state index in [1.807, 2.05) is 42.5 Å². The standard InChI is InChI=1S/C18H21O4PS/c1-12(2)16(18(3,21)17(19)20)23(22)11-24-15-9-8-13-6-4-5-7-14(13)10-15/h4-10,12,16,21H,11H2,1-3H3/p+1. The van der Waals surface area contributed by atoms with E-state index < -0.39 is 25.0 Å². The number of carboxylic acids is 1. The van der Waals surface area contributed by atoms with Crippen LogP contribution in [0.15, 0.2) is 47.4 Å². The summed E-state index contributed by atoms with van der Waals surface area (Å²) in [6.07, 6.45) is 0. The van der Waals surface area contributed by atoms with Gasteiger partial charge in [0, 0.05) is 10.8 Å². The molecule has 4 nitrogen and oxygen atoms in total. The third-order valence-corrected chi connectivity index (χ3v) is 7.87. The molecule has 2 rings (SSSR count). The Bertz CT molecular complexity index is 758. The molecule has 24 heavy (non-hydrogen) atoms. The Hall–Kier alpha value is -1.42. The van der Waals surface area contributed by atoms with Gasteiger partial charge in [-0.25, -0.2) is 4.79 Å². The van der Waals surface area contributed by atoms with Crippen LogP contribution in [0.3, 0.4) is 0 Å². The van der Waals surface area contributed by atoms with Crippen LogP contribution in [0.1, 0.15) is 20.8 Å². The van der Waals surface area contributed by atoms with Crippen molar-refractivity contribution in [1.29, 1.82) is 0 Å². The molecule has 128 valence electrons. The fourth-order valence-corrected chi connectivity index (χ4v) is 6.32. The molecule has 2 N–H and O–H groups in total. The molecule has 0 saturated carbocycles. The number of thioether (sulfide) groups is 1. The Balaban J connectivity index is 2.13. The zero-order valence-electron chi connectivity index (χ0n) is 14.0. The van der Waals surface area contributed by atoms with Crippen LogP contribution in [0, 0.1) is 5.92 Å². The van der Waals surface area contributed by atoms with Crippen molar-refractivity contribution in [3.63, 3.8) is 0 Å². The van der Waals surface area contributed by atoms with E-state index in [-0.39, 0.29) is 11.4 Å². The fraction of sp³-hybridized carbons (Fsp3) is 0.389. The van der Waals surface area contributed by atoms with E-state index in [9.17, 15) is 19.6 Å². The number of hydrogen-bond acceptors (Lipinski definition) is 4. The van der Waals surface area contributed by atoms with Crippen molar-refractivity contribution in [2.75, 3.05) is 5.49 Å². The lowest BCUT2D eigenvalue weighted by atomic mass is 9.94. The number of aliphatic carboxylic acids is 1. The maximum atomic E-state index is 12.7. The van der Waals surface area contributed by atoms with Crippen molar-refractivity contribution in [2.24, 2.45) is 5.92 Å². The zero-order valence-corrected chi connectivity index (χ0v) is 15.7. The van der Waals surface area contributed by atoms with Crippen LogP contribution in [0.2, 0.25) is 0 Å². The molecule has 2 aromatic rings. The Morgan fingerprint density at radius 1 is 1.21 bits per heavy atom. The first-order chi connectivity index (χ1) is 11.2. The van der Waals surface area contributed by atoms with E-state index >= 15 is 0 Å². The van der Waals surface area contributed by atoms with E-state index in [0.717, 1.165) is 15.7 Å². The molecule has 3 atom stereocenters. The number of fused-ring (bicyclic) bond motifs is 1. The average Bonchev–Trinajstić information content (AvgIpc) is 2.52. The molecule has 0 aliphatic heterocycles. The van der Waals surface area contributed by atoms with Crippen LogP contribution in [0.4, 0.5) is 0 Å². The summed E-state index contributed by atoms with van der Waals surface area (Å²) in [4.78, 5) is 12.3. The number of carboxylic acid groups (broad SMARTS) is 1. The third kappa shape index (κ3) is 4.15. The molecule has 0 aliphatic carbocycles. The van der Waals surface area contributed by atoms with Gasteiger partial charge in [-0.1, -0.05) is 60.5 Å². The molecule has 0 saturated heterocycles. The summed E-state index contributed by atoms with van der Waals surface area (Å²) in [6, 6.07) is 14.0. The molecule has 0 aromatic heterocycles. The first kappa shape index (κ1) is 18.9. The second kappa shape index (κ2) is 7.64. The van der Waals surface area contributed by atoms with Gasteiger partial charge in [0.2, 0.25) is 5.60 Å². The molecule has 0 spiro atoms. The summed E-state index contributed by atoms with van der Waals surface area (Å²) in [5.74, 6) is -1.53. The average molecular weight is 365 g/mol. The van der Waals surface area contributed by atoms with Crippen LogP contribution in [0.25, 0.3) is 10.8 Å². The van der Waals surface area contributed by atoms with Gasteiger partial charge in [-0.15, -0.1) is 0 Å². The van der Waals surface area contributed by atoms with E-state index in [2.05, 4.69) is 0 Å². The quantitative estimate of drug-likeness (QED) is 0.555. The molecule has 0 amide bonds. The molecule has 0 aliphatic rings. The maximum Gasteiger partial charge on any atom is 0.356 e. The molecule has 0 radical (unpaired) electrons. The third-order valence-electron chi connectivity index (χ3n) is 4.03. The minimum atomic E-state index is -1.99. The van der Waals surface area contributed by atoms with Crippen molar-refractivity contribution in [3.8, 4) is 0 Å². The van der Waals surface area contributed by atoms with Crippen molar-refractivity contribution in [2.45, 2.75) is 36.9 Å². The van der Waals surface area contributed by atoms with Crippen molar-refractivity contribution < 1.29 is 19.6 Å². The van der Waals surface area contributed by atoms with Gasteiger partial charge in [0.15, 0.2) is 11.2 Å². The second-order valence-corrected chi connectivity index (χ2v) is 9.52. The van der Waals surface area contributed by atoms with Crippen LogP contribution >= 0.6 is 19.6 Å². The minimum absolute atomic E-state index is 0.197. The summed E-state index contributed by atoms with van der Waals surface area (Å²) in [6.45, 7) is 4.81. The summed E-state index contributed by atoms with van der Waals surface area (Å²) < 4.78 is 12.7. The van der Waals surface area contributed by atoms with Gasteiger partial charge in [-0.2, -0.15) is 0 Å². The number of hydrogen-bond donors (Lipinski definition) is 2. The molecule has 2 aromatic carbocycles. The highest BCUT2D eigenvalue weighted by Gasteiger charge is 2.52. The number of aliphatic hydroxyl groups is 1. The molecule has 3 unspecified atom stereocenters. The monoisotopic (exact) mass is 365 g/mol. The summed E-state index contributed by atoms with van der Waals surface area (Å²) in [7, 11) is -1.89. The molecule has 0 heterocycles. The van der Waals surface area contributed by atoms with Gasteiger partial charge in [-0.05, 0) is 29.8 Å². The Morgan fingerprint density at radius 2 is 1.83 bits per heavy atom. The number of carbonyl (C=O) groups is 1. The molecular weight excluding hydrogens is 343 g/mol. The van der Waals surface area contributed by atoms with E-state index in [4.69, 9.17) is 0 Å². The minimum Gasteiger partial charge on any atom is -0.479 e. The molecule has 0 bridgehead atoms. The lowest BCUT2D eigenvalue weighted by molar-refractivity contribution is -0.157. The van der Waals surface area contributed by atoms with Crippen LogP contribution < -0.4 is 0 Å². The summed E-state index contributed by atoms with van der Waals surface area (Å²) >= 11 is 1.43. The van der Waals surface area contributed by atoms with Gasteiger partial charge < -0.3 is 10.2 Å². The Morgan fingerprint density at radius 3 is 2.42 bits per heavy atom. The number of rotatable bonds is 7. The van der Waals surface area contributed by atoms with Crippen molar-refractivity contribution in [1.82, 2.24) is 0 Å². The van der Waals surface area contributed by atoms with Crippen LogP contribution in [0.5, 0.6) is 0 Å². The van der Waals surface area contributed by atoms with E-state index in [1.54, 1.807) is 13.8 Å². The second-order valence-electron chi connectivity index (χ2n) is 6.34. The van der Waals surface area contributed by atoms with Crippen molar-refractivity contribution >= 4 is 36.3 Å². The lowest BCUT2D eigenvalue weighted by Crippen LogP contribution is -2.47. The van der Waals surface area contributed by atoms with Gasteiger partial charge in [0.05, 0.1) is 0 Å². The van der Waals surface area contributed by atoms with Crippen LogP contribution in [-0.2, 0) is 9.36 Å². The van der Waals surface area contributed by atoms with Crippen molar-refractivity contribution in [3.05, 3.63) is 42.5 Å². The topological polar surface area (TPSA) is 74.6 Å². The highest BCUT2D eigenvalue weighted by molar-refractivity contribution is 8.03. The van der Waals surface area contributed by atoms with E-state index in [0.29, 0.717) is 0 Å². The summed E-state index contributed by atoms with van der Waals surface area (Å²) in [5, 5.41) is 21.7. The fourth-order valence-electron chi connectivity index (χ4n) is 2.86. The largest absolute Gasteiger partial charge is 0.479 e. The highest BCUT2D eigenvalue weighted by Crippen LogP contribution is 2.44. The van der Waals surface area contributed by atoms with Gasteiger partial charge in [0.1, 0.15) is 0 Å². The maximum absolute atomic E-state index is 12.7. The summed E-state index contributed by atoms with van der Waals surface area (Å²) in [5.41, 5.74) is -2.51. The first-order valence-corrected chi connectivity index (χ1v) is 10.2. The lowest BCUT2D eigenvalue weighted by Gasteiger charge is -2.24. The van der Waals surface area contributed by atoms with Gasteiger partial charge >= 0.3 is 13.8 Å². The smallest absolute Gasteiger partial charge is 0.356 e. The normalized spacial score (nSPS) is 16.0. The zero-order chi connectivity index (χ0) is 17.9. The van der Waals surface area contributed by atoms with Crippen LogP contribution in [-0.4, -0.2) is 32.9 Å². The van der Waals surface area contributed by atoms with Gasteiger partial charge in [0.25, 0.3) is 0 Å². The number of benzene rings is 2. The van der Waals surface area contributed by atoms with E-state index in [1.165, 1.54) is 18.7 Å². The first-order valence-electron chi connectivity index (χ1n) is 7.74. The predicted molar refractivity (Wildman–Crippen MR) is 99.2 cm³/mol. The van der Waals surface area contributed by atoms with Gasteiger partial charge in [-0.3, -0.25) is 0 Å². The molecule has 6 heteroatoms. The molecule has 0 fully saturated rings. The highest BCUT2D eigenvalue weighted by atomic mass is 32.2. The SMILES string of the molecule is CC(C)C([P+](=O)CSc1ccc2ccccc2c1)C(C)(O)C(=O)O. The predicted octanol–water partition coefficient (Wildman–Crippen LogP) is 4.58. The molecular formula is C18H22O4PS+.